The van der Waals surface area contributed by atoms with E-state index in [9.17, 15) is 0 Å². The second-order valence-corrected chi connectivity index (χ2v) is 1.02. The van der Waals surface area contributed by atoms with Gasteiger partial charge in [0.1, 0.15) is 0 Å². The maximum atomic E-state index is 9.10. The molecule has 0 spiro atoms. The molecule has 0 unspecified atom stereocenters. The second kappa shape index (κ2) is 7.46. The lowest BCUT2D eigenvalue weighted by atomic mass is 10.7. The van der Waals surface area contributed by atoms with Crippen molar-refractivity contribution in [3.8, 4) is 12.3 Å². The Kier molecular flexibility index (Phi) is 8.42. The number of rotatable bonds is 0. The average molecular weight is 145 g/mol. The Labute approximate surface area is 57.5 Å². The van der Waals surface area contributed by atoms with Gasteiger partial charge in [-0.25, -0.2) is 9.59 Å². The number of carboxylic acid groups (broad SMARTS) is 2. The first-order valence-electron chi connectivity index (χ1n) is 2.16. The van der Waals surface area contributed by atoms with Crippen LogP contribution in [-0.2, 0) is 9.59 Å². The van der Waals surface area contributed by atoms with E-state index in [1.54, 1.807) is 0 Å². The van der Waals surface area contributed by atoms with Gasteiger partial charge in [0.2, 0.25) is 0 Å². The predicted octanol–water partition coefficient (Wildman–Crippen LogP) is -1.27. The van der Waals surface area contributed by atoms with E-state index in [1.165, 1.54) is 0 Å². The SMILES string of the molecule is C#CCN.O=C(O)C(=O)O. The molecule has 0 aliphatic rings. The fourth-order valence-corrected chi connectivity index (χ4v) is 0. The highest BCUT2D eigenvalue weighted by atomic mass is 16.4. The summed E-state index contributed by atoms with van der Waals surface area (Å²) < 4.78 is 0. The maximum absolute atomic E-state index is 9.10. The predicted molar refractivity (Wildman–Crippen MR) is 33.2 cm³/mol. The third-order valence-corrected chi connectivity index (χ3v) is 0.301. The van der Waals surface area contributed by atoms with Crippen molar-refractivity contribution >= 4 is 11.9 Å². The van der Waals surface area contributed by atoms with E-state index in [-0.39, 0.29) is 0 Å². The normalized spacial score (nSPS) is 6.40. The van der Waals surface area contributed by atoms with Crippen molar-refractivity contribution in [2.45, 2.75) is 0 Å². The number of nitrogens with two attached hydrogens (primary N) is 1. The van der Waals surface area contributed by atoms with E-state index in [2.05, 4.69) is 12.3 Å². The van der Waals surface area contributed by atoms with Gasteiger partial charge >= 0.3 is 11.9 Å². The van der Waals surface area contributed by atoms with Crippen LogP contribution in [0.5, 0.6) is 0 Å². The van der Waals surface area contributed by atoms with Crippen LogP contribution in [0.1, 0.15) is 0 Å². The maximum Gasteiger partial charge on any atom is 0.414 e. The minimum absolute atomic E-state index is 0.347. The molecule has 56 valence electrons. The topological polar surface area (TPSA) is 101 Å². The van der Waals surface area contributed by atoms with Crippen molar-refractivity contribution in [3.05, 3.63) is 0 Å². The molecule has 0 amide bonds. The van der Waals surface area contributed by atoms with Crippen molar-refractivity contribution in [1.29, 1.82) is 0 Å². The van der Waals surface area contributed by atoms with Gasteiger partial charge in [0.05, 0.1) is 6.54 Å². The number of hydrogen-bond acceptors (Lipinski definition) is 3. The molecule has 0 aromatic carbocycles. The van der Waals surface area contributed by atoms with Crippen LogP contribution < -0.4 is 5.73 Å². The van der Waals surface area contributed by atoms with Crippen LogP contribution in [0.15, 0.2) is 0 Å². The number of carboxylic acids is 2. The first-order valence-corrected chi connectivity index (χ1v) is 2.16. The summed E-state index contributed by atoms with van der Waals surface area (Å²) in [5.74, 6) is -1.44. The van der Waals surface area contributed by atoms with Crippen molar-refractivity contribution < 1.29 is 19.8 Å². The first-order chi connectivity index (χ1) is 4.56. The van der Waals surface area contributed by atoms with E-state index in [1.807, 2.05) is 0 Å². The molecular formula is C5H7NO4. The summed E-state index contributed by atoms with van der Waals surface area (Å²) in [5, 5.41) is 14.8. The smallest absolute Gasteiger partial charge is 0.414 e. The summed E-state index contributed by atoms with van der Waals surface area (Å²) in [7, 11) is 0. The number of aliphatic carboxylic acids is 2. The van der Waals surface area contributed by atoms with Crippen LogP contribution in [0, 0.1) is 12.3 Å². The number of terminal acetylenes is 1. The quantitative estimate of drug-likeness (QED) is 0.291. The zero-order chi connectivity index (χ0) is 8.57. The molecule has 0 heterocycles. The highest BCUT2D eigenvalue weighted by Gasteiger charge is 2.04. The standard InChI is InChI=1S/C3H5N.C2H2O4/c1-2-3-4;3-1(4)2(5)6/h1H,3-4H2;(H,3,4)(H,5,6). The first kappa shape index (κ1) is 11.3. The second-order valence-electron chi connectivity index (χ2n) is 1.02. The van der Waals surface area contributed by atoms with Crippen LogP contribution in [0.2, 0.25) is 0 Å². The molecular weight excluding hydrogens is 138 g/mol. The summed E-state index contributed by atoms with van der Waals surface area (Å²) in [5.41, 5.74) is 4.79. The van der Waals surface area contributed by atoms with Crippen molar-refractivity contribution in [2.75, 3.05) is 6.54 Å². The highest BCUT2D eigenvalue weighted by molar-refractivity contribution is 6.27. The molecule has 0 saturated heterocycles. The summed E-state index contributed by atoms with van der Waals surface area (Å²) in [6.45, 7) is 0.347. The molecule has 4 N–H and O–H groups in total. The van der Waals surface area contributed by atoms with Crippen molar-refractivity contribution in [3.63, 3.8) is 0 Å². The van der Waals surface area contributed by atoms with E-state index in [4.69, 9.17) is 25.5 Å². The van der Waals surface area contributed by atoms with Gasteiger partial charge in [-0.3, -0.25) is 0 Å². The summed E-state index contributed by atoms with van der Waals surface area (Å²) in [6.07, 6.45) is 4.65. The van der Waals surface area contributed by atoms with Gasteiger partial charge in [0.25, 0.3) is 0 Å². The molecule has 0 aliphatic carbocycles. The fourth-order valence-electron chi connectivity index (χ4n) is 0. The molecule has 10 heavy (non-hydrogen) atoms. The van der Waals surface area contributed by atoms with Gasteiger partial charge in [-0.05, 0) is 0 Å². The molecule has 0 aromatic heterocycles. The average Bonchev–Trinajstić information content (AvgIpc) is 1.89. The lowest BCUT2D eigenvalue weighted by Crippen LogP contribution is -2.09. The van der Waals surface area contributed by atoms with Crippen LogP contribution in [0.3, 0.4) is 0 Å². The molecule has 0 rings (SSSR count). The van der Waals surface area contributed by atoms with E-state index >= 15 is 0 Å². The largest absolute Gasteiger partial charge is 0.473 e. The Morgan fingerprint density at radius 2 is 1.60 bits per heavy atom. The molecule has 0 atom stereocenters. The number of hydrogen-bond donors (Lipinski definition) is 3. The van der Waals surface area contributed by atoms with Crippen molar-refractivity contribution in [2.24, 2.45) is 5.73 Å². The Hall–Kier alpha value is -1.54. The van der Waals surface area contributed by atoms with E-state index in [0.717, 1.165) is 0 Å². The zero-order valence-electron chi connectivity index (χ0n) is 5.07. The molecule has 0 bridgehead atoms. The summed E-state index contributed by atoms with van der Waals surface area (Å²) in [4.78, 5) is 18.2. The fraction of sp³-hybridized carbons (Fsp3) is 0.200. The van der Waals surface area contributed by atoms with Gasteiger partial charge in [-0.2, -0.15) is 0 Å². The monoisotopic (exact) mass is 145 g/mol. The molecule has 0 radical (unpaired) electrons. The van der Waals surface area contributed by atoms with E-state index < -0.39 is 11.9 Å². The van der Waals surface area contributed by atoms with Crippen LogP contribution in [-0.4, -0.2) is 28.7 Å². The van der Waals surface area contributed by atoms with E-state index in [0.29, 0.717) is 6.54 Å². The van der Waals surface area contributed by atoms with Crippen molar-refractivity contribution in [1.82, 2.24) is 0 Å². The molecule has 0 aliphatic heterocycles. The third kappa shape index (κ3) is 16.1. The van der Waals surface area contributed by atoms with Gasteiger partial charge < -0.3 is 15.9 Å². The minimum atomic E-state index is -1.82. The lowest BCUT2D eigenvalue weighted by molar-refractivity contribution is -0.159. The Bertz CT molecular complexity index is 146. The Morgan fingerprint density at radius 1 is 1.40 bits per heavy atom. The Morgan fingerprint density at radius 3 is 1.60 bits per heavy atom. The summed E-state index contributed by atoms with van der Waals surface area (Å²) in [6, 6.07) is 0. The van der Waals surface area contributed by atoms with Gasteiger partial charge in [0.15, 0.2) is 0 Å². The zero-order valence-corrected chi connectivity index (χ0v) is 5.07. The van der Waals surface area contributed by atoms with Gasteiger partial charge in [-0.1, -0.05) is 5.92 Å². The number of carbonyl (C=O) groups is 2. The minimum Gasteiger partial charge on any atom is -0.473 e. The van der Waals surface area contributed by atoms with Crippen LogP contribution in [0.25, 0.3) is 0 Å². The van der Waals surface area contributed by atoms with Gasteiger partial charge in [-0.15, -0.1) is 6.42 Å². The molecule has 5 nitrogen and oxygen atoms in total. The lowest BCUT2D eigenvalue weighted by Gasteiger charge is -1.72. The molecule has 0 saturated carbocycles. The molecule has 0 fully saturated rings. The highest BCUT2D eigenvalue weighted by Crippen LogP contribution is 1.56. The molecule has 0 aromatic rings. The van der Waals surface area contributed by atoms with Crippen LogP contribution in [0.4, 0.5) is 0 Å². The van der Waals surface area contributed by atoms with Gasteiger partial charge in [0, 0.05) is 0 Å². The Balaban J connectivity index is 0. The van der Waals surface area contributed by atoms with Crippen LogP contribution >= 0.6 is 0 Å². The third-order valence-electron chi connectivity index (χ3n) is 0.301. The molecule has 5 heteroatoms. The summed E-state index contributed by atoms with van der Waals surface area (Å²) >= 11 is 0.